The van der Waals surface area contributed by atoms with E-state index in [0.717, 1.165) is 4.90 Å². The number of piperidine rings is 1. The molecular formula is C17H23N3O7. The minimum atomic E-state index is -1.20. The summed E-state index contributed by atoms with van der Waals surface area (Å²) in [5, 5.41) is 30.9. The number of benzene rings is 1. The van der Waals surface area contributed by atoms with E-state index in [0.29, 0.717) is 18.5 Å². The molecule has 10 heteroatoms. The van der Waals surface area contributed by atoms with Gasteiger partial charge in [0.1, 0.15) is 12.5 Å². The summed E-state index contributed by atoms with van der Waals surface area (Å²) in [6.07, 6.45) is -1.46. The highest BCUT2D eigenvalue weighted by Gasteiger charge is 2.45. The fourth-order valence-corrected chi connectivity index (χ4v) is 3.23. The minimum absolute atomic E-state index is 0.0784. The summed E-state index contributed by atoms with van der Waals surface area (Å²) in [4.78, 5) is 31.9. The van der Waals surface area contributed by atoms with Crippen molar-refractivity contribution in [1.82, 2.24) is 10.2 Å². The Kier molecular flexibility index (Phi) is 6.37. The molecule has 2 aliphatic rings. The highest BCUT2D eigenvalue weighted by molar-refractivity contribution is 6.23. The van der Waals surface area contributed by atoms with Crippen LogP contribution >= 0.6 is 0 Å². The first kappa shape index (κ1) is 19.7. The van der Waals surface area contributed by atoms with E-state index in [1.165, 1.54) is 0 Å². The van der Waals surface area contributed by atoms with E-state index in [1.807, 2.05) is 0 Å². The molecular weight excluding hydrogens is 358 g/mol. The Morgan fingerprint density at radius 1 is 1.15 bits per heavy atom. The molecule has 27 heavy (non-hydrogen) atoms. The second-order valence-electron chi connectivity index (χ2n) is 6.27. The van der Waals surface area contributed by atoms with E-state index in [9.17, 15) is 19.8 Å². The lowest BCUT2D eigenvalue weighted by Crippen LogP contribution is -2.58. The van der Waals surface area contributed by atoms with Gasteiger partial charge >= 0.3 is 0 Å². The number of aliphatic hydroxyl groups is 3. The Labute approximate surface area is 155 Å². The maximum Gasteiger partial charge on any atom is 0.264 e. The molecule has 1 aromatic carbocycles. The van der Waals surface area contributed by atoms with Crippen LogP contribution in [0.5, 0.6) is 0 Å². The molecule has 0 saturated carbocycles. The van der Waals surface area contributed by atoms with Crippen molar-refractivity contribution in [3.05, 3.63) is 29.3 Å². The normalized spacial score (nSPS) is 25.0. The lowest BCUT2D eigenvalue weighted by atomic mass is 10.0. The maximum absolute atomic E-state index is 12.9. The van der Waals surface area contributed by atoms with E-state index >= 15 is 0 Å². The smallest absolute Gasteiger partial charge is 0.264 e. The highest BCUT2D eigenvalue weighted by atomic mass is 16.7. The van der Waals surface area contributed by atoms with Crippen LogP contribution in [0.1, 0.15) is 33.6 Å². The number of nitrogens with one attached hydrogen (secondary N) is 2. The quantitative estimate of drug-likeness (QED) is 0.218. The van der Waals surface area contributed by atoms with Crippen molar-refractivity contribution in [2.45, 2.75) is 31.3 Å². The molecule has 1 aromatic rings. The number of rotatable bonds is 8. The molecule has 3 rings (SSSR count). The Bertz CT molecular complexity index is 699. The number of hydrogen-bond donors (Lipinski definition) is 5. The number of fused-ring (bicyclic) bond motifs is 1. The molecule has 2 aliphatic heterocycles. The van der Waals surface area contributed by atoms with Gasteiger partial charge in [-0.3, -0.25) is 30.1 Å². The molecule has 2 heterocycles. The van der Waals surface area contributed by atoms with Crippen molar-refractivity contribution in [3.63, 3.8) is 0 Å². The average Bonchev–Trinajstić information content (AvgIpc) is 2.90. The number of ether oxygens (including phenoxy) is 1. The van der Waals surface area contributed by atoms with Crippen molar-refractivity contribution in [3.8, 4) is 0 Å². The number of hydrogen-bond acceptors (Lipinski definition) is 9. The number of carbonyl (C=O) groups excluding carboxylic acids is 2. The number of aliphatic hydroxyl groups excluding tert-OH is 3. The lowest BCUT2D eigenvalue weighted by Gasteiger charge is -2.36. The molecule has 0 bridgehead atoms. The van der Waals surface area contributed by atoms with Crippen LogP contribution in [-0.4, -0.2) is 77.0 Å². The summed E-state index contributed by atoms with van der Waals surface area (Å²) in [6, 6.07) is 4.02. The molecule has 0 aliphatic carbocycles. The van der Waals surface area contributed by atoms with Crippen molar-refractivity contribution in [1.29, 1.82) is 0 Å². The molecule has 3 unspecified atom stereocenters. The van der Waals surface area contributed by atoms with Gasteiger partial charge in [-0.05, 0) is 25.0 Å². The SMILES string of the molecule is O=C1c2cccc(NOCCOCCO)c2C(=O)N1C1CCC(O)NC1O. The summed E-state index contributed by atoms with van der Waals surface area (Å²) in [6.45, 7) is 0.561. The topological polar surface area (TPSA) is 141 Å². The van der Waals surface area contributed by atoms with Crippen molar-refractivity contribution >= 4 is 17.5 Å². The number of carbonyl (C=O) groups is 2. The predicted molar refractivity (Wildman–Crippen MR) is 92.6 cm³/mol. The molecule has 10 nitrogen and oxygen atoms in total. The molecule has 0 aromatic heterocycles. The maximum atomic E-state index is 12.9. The van der Waals surface area contributed by atoms with E-state index in [1.54, 1.807) is 18.2 Å². The van der Waals surface area contributed by atoms with Crippen molar-refractivity contribution < 1.29 is 34.5 Å². The zero-order chi connectivity index (χ0) is 19.4. The van der Waals surface area contributed by atoms with Gasteiger partial charge < -0.3 is 20.1 Å². The monoisotopic (exact) mass is 381 g/mol. The molecule has 5 N–H and O–H groups in total. The Morgan fingerprint density at radius 3 is 2.70 bits per heavy atom. The number of amides is 2. The molecule has 1 saturated heterocycles. The number of nitrogens with zero attached hydrogens (tertiary/aromatic N) is 1. The van der Waals surface area contributed by atoms with Gasteiger partial charge in [-0.25, -0.2) is 0 Å². The van der Waals surface area contributed by atoms with Crippen LogP contribution < -0.4 is 10.8 Å². The lowest BCUT2D eigenvalue weighted by molar-refractivity contribution is -0.0413. The van der Waals surface area contributed by atoms with Crippen LogP contribution in [0.15, 0.2) is 18.2 Å². The first-order chi connectivity index (χ1) is 13.0. The molecule has 148 valence electrons. The van der Waals surface area contributed by atoms with E-state index in [2.05, 4.69) is 10.8 Å². The third-order valence-electron chi connectivity index (χ3n) is 4.49. The number of imide groups is 1. The van der Waals surface area contributed by atoms with E-state index in [4.69, 9.17) is 14.7 Å². The molecule has 2 amide bonds. The van der Waals surface area contributed by atoms with Gasteiger partial charge in [0.2, 0.25) is 0 Å². The fourth-order valence-electron chi connectivity index (χ4n) is 3.23. The zero-order valence-corrected chi connectivity index (χ0v) is 14.6. The highest BCUT2D eigenvalue weighted by Crippen LogP contribution is 2.33. The van der Waals surface area contributed by atoms with E-state index in [-0.39, 0.29) is 37.6 Å². The third kappa shape index (κ3) is 4.10. The van der Waals surface area contributed by atoms with Gasteiger partial charge in [0.25, 0.3) is 11.8 Å². The van der Waals surface area contributed by atoms with Crippen molar-refractivity contribution in [2.75, 3.05) is 31.9 Å². The van der Waals surface area contributed by atoms with Crippen LogP contribution in [0.2, 0.25) is 0 Å². The van der Waals surface area contributed by atoms with Gasteiger partial charge in [0, 0.05) is 0 Å². The second kappa shape index (κ2) is 8.74. The largest absolute Gasteiger partial charge is 0.394 e. The summed E-state index contributed by atoms with van der Waals surface area (Å²) in [7, 11) is 0. The van der Waals surface area contributed by atoms with Gasteiger partial charge in [0.05, 0.1) is 49.3 Å². The Balaban J connectivity index is 1.70. The molecule has 3 atom stereocenters. The fraction of sp³-hybridized carbons (Fsp3) is 0.529. The standard InChI is InChI=1S/C17H23N3O7/c21-6-7-26-8-9-27-19-11-3-1-2-10-14(11)17(25)20(16(10)24)12-4-5-13(22)18-15(12)23/h1-3,12-13,15,18-19,21-23H,4-9H2. The van der Waals surface area contributed by atoms with Crippen LogP contribution in [-0.2, 0) is 9.57 Å². The minimum Gasteiger partial charge on any atom is -0.394 e. The van der Waals surface area contributed by atoms with Crippen LogP contribution in [0.25, 0.3) is 0 Å². The first-order valence-corrected chi connectivity index (χ1v) is 8.74. The molecule has 0 spiro atoms. The predicted octanol–water partition coefficient (Wildman–Crippen LogP) is -0.976. The van der Waals surface area contributed by atoms with E-state index < -0.39 is 30.3 Å². The molecule has 1 fully saturated rings. The Hall–Kier alpha value is -2.08. The van der Waals surface area contributed by atoms with Crippen LogP contribution in [0, 0.1) is 0 Å². The zero-order valence-electron chi connectivity index (χ0n) is 14.6. The first-order valence-electron chi connectivity index (χ1n) is 8.74. The number of anilines is 1. The second-order valence-corrected chi connectivity index (χ2v) is 6.27. The van der Waals surface area contributed by atoms with Gasteiger partial charge in [0.15, 0.2) is 0 Å². The third-order valence-corrected chi connectivity index (χ3v) is 4.49. The van der Waals surface area contributed by atoms with Gasteiger partial charge in [-0.15, -0.1) is 0 Å². The molecule has 0 radical (unpaired) electrons. The van der Waals surface area contributed by atoms with Crippen molar-refractivity contribution in [2.24, 2.45) is 0 Å². The van der Waals surface area contributed by atoms with Gasteiger partial charge in [-0.1, -0.05) is 6.07 Å². The summed E-state index contributed by atoms with van der Waals surface area (Å²) in [5.41, 5.74) is 3.40. The van der Waals surface area contributed by atoms with Crippen LogP contribution in [0.3, 0.4) is 0 Å². The summed E-state index contributed by atoms with van der Waals surface area (Å²) >= 11 is 0. The Morgan fingerprint density at radius 2 is 1.96 bits per heavy atom. The van der Waals surface area contributed by atoms with Gasteiger partial charge in [-0.2, -0.15) is 0 Å². The summed E-state index contributed by atoms with van der Waals surface area (Å²) < 4.78 is 5.07. The summed E-state index contributed by atoms with van der Waals surface area (Å²) in [5.74, 6) is -1.02. The average molecular weight is 381 g/mol. The van der Waals surface area contributed by atoms with Crippen LogP contribution in [0.4, 0.5) is 5.69 Å².